The number of hydrazine groups is 1. The standard InChI is InChI=1S/C21H17Cl2N3O4/c22-17-9-8-14(11-18(17)23)12-26-10-4-7-16(21(26)29)20(28)25-24-19(27)13-30-15-5-2-1-3-6-15/h1-11H,12-13H2,(H,24,27)(H,25,28). The molecule has 0 aliphatic carbocycles. The van der Waals surface area contributed by atoms with E-state index in [0.29, 0.717) is 15.8 Å². The van der Waals surface area contributed by atoms with Crippen LogP contribution in [0.2, 0.25) is 10.0 Å². The largest absolute Gasteiger partial charge is 0.484 e. The van der Waals surface area contributed by atoms with Gasteiger partial charge >= 0.3 is 0 Å². The van der Waals surface area contributed by atoms with Crippen LogP contribution >= 0.6 is 23.2 Å². The van der Waals surface area contributed by atoms with Crippen LogP contribution in [0.15, 0.2) is 71.7 Å². The van der Waals surface area contributed by atoms with E-state index in [-0.39, 0.29) is 18.7 Å². The molecule has 1 heterocycles. The second-order valence-electron chi connectivity index (χ2n) is 6.21. The maximum atomic E-state index is 12.6. The lowest BCUT2D eigenvalue weighted by atomic mass is 10.2. The highest BCUT2D eigenvalue weighted by atomic mass is 35.5. The van der Waals surface area contributed by atoms with E-state index in [4.69, 9.17) is 27.9 Å². The number of aromatic nitrogens is 1. The Morgan fingerprint density at radius 3 is 2.43 bits per heavy atom. The molecule has 2 amide bonds. The maximum absolute atomic E-state index is 12.6. The van der Waals surface area contributed by atoms with Gasteiger partial charge in [0.2, 0.25) is 0 Å². The Morgan fingerprint density at radius 2 is 1.70 bits per heavy atom. The van der Waals surface area contributed by atoms with E-state index in [2.05, 4.69) is 10.9 Å². The van der Waals surface area contributed by atoms with Crippen LogP contribution in [0.1, 0.15) is 15.9 Å². The van der Waals surface area contributed by atoms with Crippen molar-refractivity contribution in [3.63, 3.8) is 0 Å². The molecule has 0 saturated carbocycles. The average Bonchev–Trinajstić information content (AvgIpc) is 2.75. The second kappa shape index (κ2) is 9.96. The molecule has 2 aromatic carbocycles. The van der Waals surface area contributed by atoms with Crippen LogP contribution in [0.5, 0.6) is 5.75 Å². The predicted octanol–water partition coefficient (Wildman–Crippen LogP) is 3.04. The Bertz CT molecular complexity index is 1120. The molecule has 0 radical (unpaired) electrons. The van der Waals surface area contributed by atoms with Crippen molar-refractivity contribution in [2.75, 3.05) is 6.61 Å². The summed E-state index contributed by atoms with van der Waals surface area (Å²) in [7, 11) is 0. The van der Waals surface area contributed by atoms with Crippen molar-refractivity contribution in [1.29, 1.82) is 0 Å². The summed E-state index contributed by atoms with van der Waals surface area (Å²) in [4.78, 5) is 36.8. The minimum Gasteiger partial charge on any atom is -0.484 e. The minimum atomic E-state index is -0.739. The molecule has 30 heavy (non-hydrogen) atoms. The summed E-state index contributed by atoms with van der Waals surface area (Å²) in [6.07, 6.45) is 1.55. The molecule has 0 saturated heterocycles. The number of rotatable bonds is 6. The van der Waals surface area contributed by atoms with Gasteiger partial charge in [0.05, 0.1) is 16.6 Å². The molecule has 0 bridgehead atoms. The smallest absolute Gasteiger partial charge is 0.276 e. The number of amides is 2. The van der Waals surface area contributed by atoms with Gasteiger partial charge in [-0.25, -0.2) is 0 Å². The van der Waals surface area contributed by atoms with Crippen LogP contribution in [0, 0.1) is 0 Å². The summed E-state index contributed by atoms with van der Waals surface area (Å²) in [6.45, 7) is -0.0885. The van der Waals surface area contributed by atoms with E-state index in [0.717, 1.165) is 5.56 Å². The quantitative estimate of drug-likeness (QED) is 0.570. The van der Waals surface area contributed by atoms with Gasteiger partial charge in [-0.3, -0.25) is 25.2 Å². The molecule has 0 aliphatic heterocycles. The Labute approximate surface area is 182 Å². The van der Waals surface area contributed by atoms with Gasteiger partial charge in [-0.1, -0.05) is 47.5 Å². The highest BCUT2D eigenvalue weighted by Gasteiger charge is 2.14. The summed E-state index contributed by atoms with van der Waals surface area (Å²) >= 11 is 11.9. The Hall–Kier alpha value is -3.29. The van der Waals surface area contributed by atoms with Crippen LogP contribution in [0.25, 0.3) is 0 Å². The minimum absolute atomic E-state index is 0.123. The van der Waals surface area contributed by atoms with Crippen molar-refractivity contribution in [2.45, 2.75) is 6.54 Å². The summed E-state index contributed by atoms with van der Waals surface area (Å²) in [5, 5.41) is 0.782. The first-order valence-electron chi connectivity index (χ1n) is 8.84. The number of benzene rings is 2. The SMILES string of the molecule is O=C(COc1ccccc1)NNC(=O)c1cccn(Cc2ccc(Cl)c(Cl)c2)c1=O. The fourth-order valence-corrected chi connectivity index (χ4v) is 2.89. The van der Waals surface area contributed by atoms with E-state index >= 15 is 0 Å². The highest BCUT2D eigenvalue weighted by Crippen LogP contribution is 2.22. The van der Waals surface area contributed by atoms with Gasteiger partial charge in [-0.2, -0.15) is 0 Å². The third-order valence-corrected chi connectivity index (χ3v) is 4.77. The first-order valence-corrected chi connectivity index (χ1v) is 9.60. The number of halogens is 2. The lowest BCUT2D eigenvalue weighted by Gasteiger charge is -2.11. The molecule has 0 atom stereocenters. The molecule has 2 N–H and O–H groups in total. The van der Waals surface area contributed by atoms with E-state index in [1.54, 1.807) is 54.7 Å². The normalized spacial score (nSPS) is 10.3. The van der Waals surface area contributed by atoms with Gasteiger partial charge in [0.15, 0.2) is 6.61 Å². The number of pyridine rings is 1. The fraction of sp³-hybridized carbons (Fsp3) is 0.0952. The molecular weight excluding hydrogens is 429 g/mol. The maximum Gasteiger partial charge on any atom is 0.276 e. The van der Waals surface area contributed by atoms with Crippen molar-refractivity contribution in [2.24, 2.45) is 0 Å². The molecule has 1 aromatic heterocycles. The van der Waals surface area contributed by atoms with Crippen molar-refractivity contribution in [3.05, 3.63) is 98.4 Å². The summed E-state index contributed by atoms with van der Waals surface area (Å²) in [5.41, 5.74) is 4.54. The zero-order valence-corrected chi connectivity index (χ0v) is 17.1. The molecule has 0 aliphatic rings. The summed E-state index contributed by atoms with van der Waals surface area (Å²) < 4.78 is 6.64. The molecule has 154 valence electrons. The number of hydrogen-bond acceptors (Lipinski definition) is 4. The van der Waals surface area contributed by atoms with Gasteiger partial charge in [-0.05, 0) is 42.0 Å². The van der Waals surface area contributed by atoms with E-state index < -0.39 is 17.4 Å². The Balaban J connectivity index is 1.60. The first kappa shape index (κ1) is 21.4. The lowest BCUT2D eigenvalue weighted by Crippen LogP contribution is -2.45. The van der Waals surface area contributed by atoms with Gasteiger partial charge in [-0.15, -0.1) is 0 Å². The zero-order valence-electron chi connectivity index (χ0n) is 15.6. The number of carbonyl (C=O) groups excluding carboxylic acids is 2. The Morgan fingerprint density at radius 1 is 0.933 bits per heavy atom. The molecule has 0 spiro atoms. The first-order chi connectivity index (χ1) is 14.4. The molecule has 0 unspecified atom stereocenters. The number of para-hydroxylation sites is 1. The monoisotopic (exact) mass is 445 g/mol. The summed E-state index contributed by atoms with van der Waals surface area (Å²) in [6, 6.07) is 16.7. The van der Waals surface area contributed by atoms with E-state index in [1.807, 2.05) is 6.07 Å². The second-order valence-corrected chi connectivity index (χ2v) is 7.02. The van der Waals surface area contributed by atoms with Gasteiger partial charge < -0.3 is 9.30 Å². The van der Waals surface area contributed by atoms with Crippen LogP contribution in [-0.4, -0.2) is 23.0 Å². The van der Waals surface area contributed by atoms with Gasteiger partial charge in [0.25, 0.3) is 17.4 Å². The van der Waals surface area contributed by atoms with E-state index in [1.165, 1.54) is 10.6 Å². The fourth-order valence-electron chi connectivity index (χ4n) is 2.56. The topological polar surface area (TPSA) is 89.4 Å². The molecule has 7 nitrogen and oxygen atoms in total. The highest BCUT2D eigenvalue weighted by molar-refractivity contribution is 6.42. The molecule has 3 aromatic rings. The van der Waals surface area contributed by atoms with Crippen LogP contribution in [0.4, 0.5) is 0 Å². The molecule has 0 fully saturated rings. The van der Waals surface area contributed by atoms with Crippen molar-refractivity contribution >= 4 is 35.0 Å². The summed E-state index contributed by atoms with van der Waals surface area (Å²) in [5.74, 6) is -0.789. The Kier molecular flexibility index (Phi) is 7.11. The van der Waals surface area contributed by atoms with Crippen LogP contribution in [0.3, 0.4) is 0 Å². The third kappa shape index (κ3) is 5.62. The van der Waals surface area contributed by atoms with Crippen molar-refractivity contribution < 1.29 is 14.3 Å². The molecule has 3 rings (SSSR count). The predicted molar refractivity (Wildman–Crippen MR) is 114 cm³/mol. The number of nitrogens with one attached hydrogen (secondary N) is 2. The van der Waals surface area contributed by atoms with Crippen molar-refractivity contribution in [1.82, 2.24) is 15.4 Å². The molecular formula is C21H17Cl2N3O4. The number of nitrogens with zero attached hydrogens (tertiary/aromatic N) is 1. The number of ether oxygens (including phenoxy) is 1. The number of carbonyl (C=O) groups is 2. The molecule has 9 heteroatoms. The van der Waals surface area contributed by atoms with Crippen molar-refractivity contribution in [3.8, 4) is 5.75 Å². The van der Waals surface area contributed by atoms with Crippen LogP contribution < -0.4 is 21.1 Å². The van der Waals surface area contributed by atoms with Gasteiger partial charge in [0, 0.05) is 6.20 Å². The van der Waals surface area contributed by atoms with Gasteiger partial charge in [0.1, 0.15) is 11.3 Å². The lowest BCUT2D eigenvalue weighted by molar-refractivity contribution is -0.123. The average molecular weight is 446 g/mol. The third-order valence-electron chi connectivity index (χ3n) is 4.03. The van der Waals surface area contributed by atoms with E-state index in [9.17, 15) is 14.4 Å². The van der Waals surface area contributed by atoms with Crippen LogP contribution in [-0.2, 0) is 11.3 Å². The number of hydrogen-bond donors (Lipinski definition) is 2. The zero-order chi connectivity index (χ0) is 21.5.